The highest BCUT2D eigenvalue weighted by molar-refractivity contribution is 5.95. The zero-order chi connectivity index (χ0) is 22.0. The molecule has 162 valence electrons. The Bertz CT molecular complexity index is 1150. The molecule has 3 aromatic rings. The number of rotatable bonds is 5. The van der Waals surface area contributed by atoms with Crippen LogP contribution in [0.5, 0.6) is 11.5 Å². The van der Waals surface area contributed by atoms with Crippen molar-refractivity contribution in [3.8, 4) is 11.5 Å². The van der Waals surface area contributed by atoms with Crippen molar-refractivity contribution in [1.82, 2.24) is 14.4 Å². The largest absolute Gasteiger partial charge is 0.497 e. The Morgan fingerprint density at radius 1 is 0.935 bits per heavy atom. The normalized spacial score (nSPS) is 14.0. The lowest BCUT2D eigenvalue weighted by atomic mass is 10.1. The first-order valence-electron chi connectivity index (χ1n) is 9.88. The third-order valence-corrected chi connectivity index (χ3v) is 5.39. The minimum atomic E-state index is -0.560. The number of para-hydroxylation sites is 2. The molecule has 1 aromatic heterocycles. The first-order valence-corrected chi connectivity index (χ1v) is 9.88. The second-order valence-corrected chi connectivity index (χ2v) is 7.20. The van der Waals surface area contributed by atoms with Crippen LogP contribution in [0.3, 0.4) is 0 Å². The molecular weight excluding hydrogens is 402 g/mol. The lowest BCUT2D eigenvalue weighted by molar-refractivity contribution is -0.133. The van der Waals surface area contributed by atoms with Gasteiger partial charge in [-0.05, 0) is 24.3 Å². The third-order valence-electron chi connectivity index (χ3n) is 5.39. The number of ether oxygens (including phenoxy) is 2. The average molecular weight is 425 g/mol. The van der Waals surface area contributed by atoms with Gasteiger partial charge in [-0.15, -0.1) is 0 Å². The SMILES string of the molecule is COc1cc(OC)cc(C(=O)N2CCN(C(=O)Cn3c(=O)oc4ccccc43)CC2)c1. The lowest BCUT2D eigenvalue weighted by Gasteiger charge is -2.35. The van der Waals surface area contributed by atoms with E-state index in [2.05, 4.69) is 0 Å². The summed E-state index contributed by atoms with van der Waals surface area (Å²) in [5, 5.41) is 0. The molecule has 0 radical (unpaired) electrons. The van der Waals surface area contributed by atoms with E-state index < -0.39 is 5.76 Å². The van der Waals surface area contributed by atoms with Crippen LogP contribution in [0, 0.1) is 0 Å². The number of aromatic nitrogens is 1. The van der Waals surface area contributed by atoms with Crippen LogP contribution in [0.2, 0.25) is 0 Å². The van der Waals surface area contributed by atoms with Gasteiger partial charge in [0, 0.05) is 37.8 Å². The molecule has 0 N–H and O–H groups in total. The first-order chi connectivity index (χ1) is 15.0. The van der Waals surface area contributed by atoms with Gasteiger partial charge in [-0.2, -0.15) is 0 Å². The molecule has 0 atom stereocenters. The van der Waals surface area contributed by atoms with Gasteiger partial charge in [-0.1, -0.05) is 12.1 Å². The maximum atomic E-state index is 12.9. The molecule has 2 heterocycles. The van der Waals surface area contributed by atoms with Gasteiger partial charge in [-0.25, -0.2) is 4.79 Å². The van der Waals surface area contributed by atoms with Gasteiger partial charge >= 0.3 is 5.76 Å². The summed E-state index contributed by atoms with van der Waals surface area (Å²) >= 11 is 0. The highest BCUT2D eigenvalue weighted by Crippen LogP contribution is 2.24. The second kappa shape index (κ2) is 8.55. The van der Waals surface area contributed by atoms with Gasteiger partial charge in [0.15, 0.2) is 5.58 Å². The number of carbonyl (C=O) groups is 2. The van der Waals surface area contributed by atoms with Crippen LogP contribution in [0.4, 0.5) is 0 Å². The fraction of sp³-hybridized carbons (Fsp3) is 0.318. The van der Waals surface area contributed by atoms with E-state index in [9.17, 15) is 14.4 Å². The van der Waals surface area contributed by atoms with Crippen molar-refractivity contribution < 1.29 is 23.5 Å². The molecule has 1 saturated heterocycles. The number of hydrogen-bond donors (Lipinski definition) is 0. The lowest BCUT2D eigenvalue weighted by Crippen LogP contribution is -2.51. The highest BCUT2D eigenvalue weighted by atomic mass is 16.5. The maximum Gasteiger partial charge on any atom is 0.420 e. The minimum Gasteiger partial charge on any atom is -0.497 e. The molecule has 0 spiro atoms. The Morgan fingerprint density at radius 2 is 1.55 bits per heavy atom. The van der Waals surface area contributed by atoms with Gasteiger partial charge in [0.2, 0.25) is 5.91 Å². The molecule has 0 bridgehead atoms. The minimum absolute atomic E-state index is 0.100. The summed E-state index contributed by atoms with van der Waals surface area (Å²) in [4.78, 5) is 41.1. The van der Waals surface area contributed by atoms with Crippen LogP contribution in [-0.2, 0) is 11.3 Å². The van der Waals surface area contributed by atoms with Crippen LogP contribution >= 0.6 is 0 Å². The molecule has 2 aromatic carbocycles. The molecule has 9 heteroatoms. The van der Waals surface area contributed by atoms with E-state index in [0.717, 1.165) is 0 Å². The summed E-state index contributed by atoms with van der Waals surface area (Å²) < 4.78 is 17.0. The summed E-state index contributed by atoms with van der Waals surface area (Å²) in [7, 11) is 3.06. The molecular formula is C22H23N3O6. The summed E-state index contributed by atoms with van der Waals surface area (Å²) in [6.45, 7) is 1.46. The smallest absolute Gasteiger partial charge is 0.420 e. The first kappa shape index (κ1) is 20.5. The molecule has 31 heavy (non-hydrogen) atoms. The molecule has 0 unspecified atom stereocenters. The summed E-state index contributed by atoms with van der Waals surface area (Å²) in [6.07, 6.45) is 0. The zero-order valence-corrected chi connectivity index (χ0v) is 17.4. The van der Waals surface area contributed by atoms with Crippen LogP contribution < -0.4 is 15.2 Å². The van der Waals surface area contributed by atoms with Crippen LogP contribution in [0.25, 0.3) is 11.1 Å². The van der Waals surface area contributed by atoms with E-state index in [0.29, 0.717) is 54.3 Å². The van der Waals surface area contributed by atoms with Crippen LogP contribution in [0.15, 0.2) is 51.7 Å². The van der Waals surface area contributed by atoms with E-state index in [1.165, 1.54) is 18.8 Å². The van der Waals surface area contributed by atoms with Crippen molar-refractivity contribution in [2.24, 2.45) is 0 Å². The van der Waals surface area contributed by atoms with E-state index in [4.69, 9.17) is 13.9 Å². The number of benzene rings is 2. The second-order valence-electron chi connectivity index (χ2n) is 7.20. The van der Waals surface area contributed by atoms with Crippen LogP contribution in [0.1, 0.15) is 10.4 Å². The zero-order valence-electron chi connectivity index (χ0n) is 17.4. The van der Waals surface area contributed by atoms with Gasteiger partial charge in [0.25, 0.3) is 5.91 Å². The topological polar surface area (TPSA) is 94.2 Å². The number of oxazole rings is 1. The fourth-order valence-electron chi connectivity index (χ4n) is 3.67. The number of fused-ring (bicyclic) bond motifs is 1. The summed E-state index contributed by atoms with van der Waals surface area (Å²) in [5.74, 6) is 0.170. The Kier molecular flexibility index (Phi) is 5.66. The monoisotopic (exact) mass is 425 g/mol. The number of amides is 2. The molecule has 2 amide bonds. The van der Waals surface area contributed by atoms with Crippen molar-refractivity contribution in [1.29, 1.82) is 0 Å². The van der Waals surface area contributed by atoms with Gasteiger partial charge < -0.3 is 23.7 Å². The number of carbonyl (C=O) groups excluding carboxylic acids is 2. The molecule has 4 rings (SSSR count). The van der Waals surface area contributed by atoms with Gasteiger partial charge in [0.1, 0.15) is 18.0 Å². The average Bonchev–Trinajstić information content (AvgIpc) is 3.13. The van der Waals surface area contributed by atoms with Crippen molar-refractivity contribution >= 4 is 22.9 Å². The molecule has 1 fully saturated rings. The standard InChI is InChI=1S/C22H23N3O6/c1-29-16-11-15(12-17(13-16)30-2)21(27)24-9-7-23(8-10-24)20(26)14-25-18-5-3-4-6-19(18)31-22(25)28/h3-6,11-13H,7-10,14H2,1-2H3. The van der Waals surface area contributed by atoms with E-state index >= 15 is 0 Å². The summed E-state index contributed by atoms with van der Waals surface area (Å²) in [6, 6.07) is 12.0. The fourth-order valence-corrected chi connectivity index (χ4v) is 3.67. The predicted molar refractivity (Wildman–Crippen MR) is 113 cm³/mol. The molecule has 9 nitrogen and oxygen atoms in total. The molecule has 0 aliphatic carbocycles. The molecule has 1 aliphatic heterocycles. The van der Waals surface area contributed by atoms with E-state index in [1.807, 2.05) is 0 Å². The van der Waals surface area contributed by atoms with E-state index in [-0.39, 0.29) is 18.4 Å². The van der Waals surface area contributed by atoms with Crippen molar-refractivity contribution in [2.45, 2.75) is 6.54 Å². The Labute approximate surface area is 178 Å². The Balaban J connectivity index is 1.41. The van der Waals surface area contributed by atoms with Crippen molar-refractivity contribution in [3.05, 3.63) is 58.6 Å². The maximum absolute atomic E-state index is 12.9. The van der Waals surface area contributed by atoms with E-state index in [1.54, 1.807) is 52.3 Å². The third kappa shape index (κ3) is 4.11. The molecule has 1 aliphatic rings. The number of methoxy groups -OCH3 is 2. The Morgan fingerprint density at radius 3 is 2.19 bits per heavy atom. The number of piperazine rings is 1. The quantitative estimate of drug-likeness (QED) is 0.616. The highest BCUT2D eigenvalue weighted by Gasteiger charge is 2.26. The number of nitrogens with zero attached hydrogens (tertiary/aromatic N) is 3. The number of hydrogen-bond acceptors (Lipinski definition) is 6. The van der Waals surface area contributed by atoms with Gasteiger partial charge in [-0.3, -0.25) is 14.2 Å². The van der Waals surface area contributed by atoms with Gasteiger partial charge in [0.05, 0.1) is 19.7 Å². The predicted octanol–water partition coefficient (Wildman–Crippen LogP) is 1.60. The van der Waals surface area contributed by atoms with Crippen molar-refractivity contribution in [2.75, 3.05) is 40.4 Å². The summed E-state index contributed by atoms with van der Waals surface area (Å²) in [5.41, 5.74) is 1.50. The van der Waals surface area contributed by atoms with Crippen LogP contribution in [-0.4, -0.2) is 66.6 Å². The Hall–Kier alpha value is -3.75. The molecule has 0 saturated carbocycles. The van der Waals surface area contributed by atoms with Crippen molar-refractivity contribution in [3.63, 3.8) is 0 Å².